The number of aliphatic hydroxyl groups is 1. The van der Waals surface area contributed by atoms with Gasteiger partial charge in [-0.25, -0.2) is 0 Å². The minimum atomic E-state index is 0.187. The minimum absolute atomic E-state index is 0.187. The Kier molecular flexibility index (Phi) is 7.20. The van der Waals surface area contributed by atoms with Crippen molar-refractivity contribution in [1.29, 1.82) is 0 Å². The predicted molar refractivity (Wildman–Crippen MR) is 77.5 cm³/mol. The van der Waals surface area contributed by atoms with E-state index in [0.717, 1.165) is 44.2 Å². The lowest BCUT2D eigenvalue weighted by Gasteiger charge is -2.42. The van der Waals surface area contributed by atoms with Crippen molar-refractivity contribution in [3.8, 4) is 0 Å². The topological polar surface area (TPSA) is 58.3 Å². The lowest BCUT2D eigenvalue weighted by Crippen LogP contribution is -2.54. The highest BCUT2D eigenvalue weighted by molar-refractivity contribution is 4.95. The van der Waals surface area contributed by atoms with Gasteiger partial charge in [-0.3, -0.25) is 0 Å². The number of hydrogen-bond acceptors (Lipinski definition) is 3. The average Bonchev–Trinajstić information content (AvgIpc) is 2.39. The molecule has 4 N–H and O–H groups in total. The summed E-state index contributed by atoms with van der Waals surface area (Å²) in [6, 6.07) is 0. The van der Waals surface area contributed by atoms with Crippen LogP contribution in [0.1, 0.15) is 58.8 Å². The van der Waals surface area contributed by atoms with Gasteiger partial charge in [0.05, 0.1) is 0 Å². The molecule has 0 saturated heterocycles. The van der Waals surface area contributed by atoms with Gasteiger partial charge in [0, 0.05) is 18.7 Å². The SMILES string of the molecule is CC(C)C1CCCC(CN)(NCCCCCO)C1. The molecule has 0 amide bonds. The summed E-state index contributed by atoms with van der Waals surface area (Å²) in [5.74, 6) is 1.60. The average molecular weight is 256 g/mol. The lowest BCUT2D eigenvalue weighted by molar-refractivity contribution is 0.152. The summed E-state index contributed by atoms with van der Waals surface area (Å²) in [6.07, 6.45) is 8.32. The van der Waals surface area contributed by atoms with Gasteiger partial charge in [-0.05, 0) is 50.5 Å². The number of nitrogens with one attached hydrogen (secondary N) is 1. The molecule has 1 rings (SSSR count). The molecule has 3 nitrogen and oxygen atoms in total. The smallest absolute Gasteiger partial charge is 0.0431 e. The van der Waals surface area contributed by atoms with Gasteiger partial charge in [-0.15, -0.1) is 0 Å². The number of aliphatic hydroxyl groups excluding tert-OH is 1. The monoisotopic (exact) mass is 256 g/mol. The Hall–Kier alpha value is -0.120. The van der Waals surface area contributed by atoms with Crippen molar-refractivity contribution in [2.45, 2.75) is 64.3 Å². The van der Waals surface area contributed by atoms with Crippen molar-refractivity contribution in [1.82, 2.24) is 5.32 Å². The van der Waals surface area contributed by atoms with Crippen LogP contribution in [0.5, 0.6) is 0 Å². The highest BCUT2D eigenvalue weighted by Crippen LogP contribution is 2.35. The molecule has 0 heterocycles. The first-order valence-corrected chi connectivity index (χ1v) is 7.69. The Bertz CT molecular complexity index is 221. The van der Waals surface area contributed by atoms with Gasteiger partial charge >= 0.3 is 0 Å². The zero-order chi connectivity index (χ0) is 13.4. The van der Waals surface area contributed by atoms with Crippen LogP contribution >= 0.6 is 0 Å². The van der Waals surface area contributed by atoms with E-state index in [0.29, 0.717) is 6.61 Å². The maximum absolute atomic E-state index is 8.77. The molecule has 1 aliphatic rings. The summed E-state index contributed by atoms with van der Waals surface area (Å²) in [5.41, 5.74) is 6.23. The molecule has 0 aromatic carbocycles. The van der Waals surface area contributed by atoms with E-state index in [-0.39, 0.29) is 5.54 Å². The van der Waals surface area contributed by atoms with E-state index < -0.39 is 0 Å². The van der Waals surface area contributed by atoms with Crippen LogP contribution in [-0.2, 0) is 0 Å². The first kappa shape index (κ1) is 15.9. The molecule has 1 saturated carbocycles. The summed E-state index contributed by atoms with van der Waals surface area (Å²) < 4.78 is 0. The highest BCUT2D eigenvalue weighted by Gasteiger charge is 2.35. The van der Waals surface area contributed by atoms with Crippen LogP contribution in [0, 0.1) is 11.8 Å². The molecule has 0 aromatic rings. The third-order valence-corrected chi connectivity index (χ3v) is 4.55. The number of hydrogen-bond donors (Lipinski definition) is 3. The molecule has 1 aliphatic carbocycles. The highest BCUT2D eigenvalue weighted by atomic mass is 16.2. The summed E-state index contributed by atoms with van der Waals surface area (Å²) in [4.78, 5) is 0. The van der Waals surface area contributed by atoms with Gasteiger partial charge in [0.15, 0.2) is 0 Å². The molecular formula is C15H32N2O. The van der Waals surface area contributed by atoms with E-state index in [1.807, 2.05) is 0 Å². The van der Waals surface area contributed by atoms with Gasteiger partial charge in [0.1, 0.15) is 0 Å². The second kappa shape index (κ2) is 8.13. The molecule has 0 aromatic heterocycles. The number of unbranched alkanes of at least 4 members (excludes halogenated alkanes) is 2. The van der Waals surface area contributed by atoms with Gasteiger partial charge < -0.3 is 16.2 Å². The third-order valence-electron chi connectivity index (χ3n) is 4.55. The number of nitrogens with two attached hydrogens (primary N) is 1. The van der Waals surface area contributed by atoms with Crippen LogP contribution in [0.4, 0.5) is 0 Å². The van der Waals surface area contributed by atoms with Crippen LogP contribution in [0.25, 0.3) is 0 Å². The molecule has 2 unspecified atom stereocenters. The second-order valence-corrected chi connectivity index (χ2v) is 6.30. The van der Waals surface area contributed by atoms with Crippen LogP contribution in [-0.4, -0.2) is 30.3 Å². The van der Waals surface area contributed by atoms with E-state index in [1.165, 1.54) is 25.7 Å². The summed E-state index contributed by atoms with van der Waals surface area (Å²) in [6.45, 7) is 6.78. The molecule has 0 radical (unpaired) electrons. The molecule has 0 spiro atoms. The van der Waals surface area contributed by atoms with E-state index in [9.17, 15) is 0 Å². The largest absolute Gasteiger partial charge is 0.396 e. The van der Waals surface area contributed by atoms with Gasteiger partial charge in [-0.2, -0.15) is 0 Å². The standard InChI is InChI=1S/C15H32N2O/c1-13(2)14-7-6-8-15(11-14,12-16)17-9-4-3-5-10-18/h13-14,17-18H,3-12,16H2,1-2H3. The van der Waals surface area contributed by atoms with E-state index in [4.69, 9.17) is 10.8 Å². The molecule has 0 bridgehead atoms. The van der Waals surface area contributed by atoms with Gasteiger partial charge in [-0.1, -0.05) is 26.7 Å². The fraction of sp³-hybridized carbons (Fsp3) is 1.00. The molecule has 108 valence electrons. The van der Waals surface area contributed by atoms with Crippen LogP contribution in [0.3, 0.4) is 0 Å². The van der Waals surface area contributed by atoms with Crippen molar-refractivity contribution in [2.75, 3.05) is 19.7 Å². The molecule has 18 heavy (non-hydrogen) atoms. The Morgan fingerprint density at radius 1 is 1.33 bits per heavy atom. The maximum atomic E-state index is 8.77. The zero-order valence-corrected chi connectivity index (χ0v) is 12.3. The molecular weight excluding hydrogens is 224 g/mol. The van der Waals surface area contributed by atoms with Gasteiger partial charge in [0.25, 0.3) is 0 Å². The van der Waals surface area contributed by atoms with Crippen molar-refractivity contribution >= 4 is 0 Å². The maximum Gasteiger partial charge on any atom is 0.0431 e. The van der Waals surface area contributed by atoms with Crippen molar-refractivity contribution in [2.24, 2.45) is 17.6 Å². The predicted octanol–water partition coefficient (Wildman–Crippen LogP) is 2.28. The van der Waals surface area contributed by atoms with Crippen LogP contribution in [0.2, 0.25) is 0 Å². The van der Waals surface area contributed by atoms with Crippen LogP contribution in [0.15, 0.2) is 0 Å². The summed E-state index contributed by atoms with van der Waals surface area (Å²) >= 11 is 0. The minimum Gasteiger partial charge on any atom is -0.396 e. The number of rotatable bonds is 8. The Morgan fingerprint density at radius 3 is 2.72 bits per heavy atom. The van der Waals surface area contributed by atoms with Gasteiger partial charge in [0.2, 0.25) is 0 Å². The van der Waals surface area contributed by atoms with Crippen molar-refractivity contribution in [3.63, 3.8) is 0 Å². The van der Waals surface area contributed by atoms with Crippen LogP contribution < -0.4 is 11.1 Å². The quantitative estimate of drug-likeness (QED) is 0.584. The first-order valence-electron chi connectivity index (χ1n) is 7.69. The lowest BCUT2D eigenvalue weighted by atomic mass is 9.71. The Balaban J connectivity index is 2.36. The molecule has 0 aliphatic heterocycles. The third kappa shape index (κ3) is 4.87. The van der Waals surface area contributed by atoms with Crippen molar-refractivity contribution < 1.29 is 5.11 Å². The van der Waals surface area contributed by atoms with E-state index in [1.54, 1.807) is 0 Å². The fourth-order valence-electron chi connectivity index (χ4n) is 3.16. The zero-order valence-electron chi connectivity index (χ0n) is 12.3. The molecule has 1 fully saturated rings. The normalized spacial score (nSPS) is 28.8. The Morgan fingerprint density at radius 2 is 2.11 bits per heavy atom. The summed E-state index contributed by atoms with van der Waals surface area (Å²) in [7, 11) is 0. The Labute approximate surface area is 113 Å². The second-order valence-electron chi connectivity index (χ2n) is 6.30. The van der Waals surface area contributed by atoms with Crippen molar-refractivity contribution in [3.05, 3.63) is 0 Å². The molecule has 2 atom stereocenters. The first-order chi connectivity index (χ1) is 8.63. The fourth-order valence-corrected chi connectivity index (χ4v) is 3.16. The van der Waals surface area contributed by atoms with E-state index in [2.05, 4.69) is 19.2 Å². The molecule has 3 heteroatoms. The summed E-state index contributed by atoms with van der Waals surface area (Å²) in [5, 5.41) is 12.5. The van der Waals surface area contributed by atoms with E-state index >= 15 is 0 Å².